The van der Waals surface area contributed by atoms with Crippen LogP contribution in [0.15, 0.2) is 89.7 Å². The van der Waals surface area contributed by atoms with Crippen LogP contribution in [0.1, 0.15) is 27.2 Å². The maximum Gasteiger partial charge on any atom is 0.276 e. The molecular weight excluding hydrogens is 582 g/mol. The minimum absolute atomic E-state index is 0.0948. The summed E-state index contributed by atoms with van der Waals surface area (Å²) in [5, 5.41) is 22.9. The van der Waals surface area contributed by atoms with Crippen molar-refractivity contribution in [2.24, 2.45) is 0 Å². The summed E-state index contributed by atoms with van der Waals surface area (Å²) in [4.78, 5) is 41.7. The van der Waals surface area contributed by atoms with Gasteiger partial charge in [-0.1, -0.05) is 29.8 Å². The van der Waals surface area contributed by atoms with Gasteiger partial charge >= 0.3 is 0 Å². The number of phenolic OH excluding ortho intramolecular Hbond substituents is 1. The summed E-state index contributed by atoms with van der Waals surface area (Å²) in [5.74, 6) is 0.0423. The molecule has 0 atom stereocenters. The number of hydrogen-bond donors (Lipinski definition) is 1. The van der Waals surface area contributed by atoms with Gasteiger partial charge in [-0.3, -0.25) is 24.3 Å². The number of aryl methyl sites for hydroxylation is 2. The zero-order valence-electron chi connectivity index (χ0n) is 24.0. The Kier molecular flexibility index (Phi) is 7.18. The number of anilines is 1. The van der Waals surface area contributed by atoms with Crippen LogP contribution in [-0.2, 0) is 6.54 Å². The van der Waals surface area contributed by atoms with Gasteiger partial charge in [0.15, 0.2) is 0 Å². The quantitative estimate of drug-likeness (QED) is 0.161. The molecule has 2 heterocycles. The minimum atomic E-state index is -0.547. The van der Waals surface area contributed by atoms with E-state index in [1.165, 1.54) is 48.1 Å². The number of pyridine rings is 1. The predicted molar refractivity (Wildman–Crippen MR) is 169 cm³/mol. The monoisotopic (exact) mass is 607 g/mol. The molecule has 0 unspecified atom stereocenters. The van der Waals surface area contributed by atoms with Crippen molar-refractivity contribution in [3.8, 4) is 39.4 Å². The highest BCUT2D eigenvalue weighted by molar-refractivity contribution is 6.31. The summed E-state index contributed by atoms with van der Waals surface area (Å²) >= 11 is 6.40. The van der Waals surface area contributed by atoms with Crippen molar-refractivity contribution in [2.75, 3.05) is 12.0 Å². The SMILES string of the molecule is COc1ccc(-n2c3c(c(-c4cc(Cl)ccc4O)c(-c4ccc([N+](=O)[O-])cc4)c2=O)CN(c2c(C)cccc2C)C3=O)cc1. The second-order valence-electron chi connectivity index (χ2n) is 10.5. The van der Waals surface area contributed by atoms with Crippen LogP contribution < -0.4 is 15.2 Å². The molecule has 0 radical (unpaired) electrons. The van der Waals surface area contributed by atoms with Crippen LogP contribution in [0.4, 0.5) is 11.4 Å². The lowest BCUT2D eigenvalue weighted by Crippen LogP contribution is -2.30. The second kappa shape index (κ2) is 11.0. The number of phenols is 1. The van der Waals surface area contributed by atoms with E-state index in [9.17, 15) is 24.8 Å². The number of fused-ring (bicyclic) bond motifs is 1. The Labute approximate surface area is 257 Å². The van der Waals surface area contributed by atoms with Crippen molar-refractivity contribution < 1.29 is 19.6 Å². The fourth-order valence-corrected chi connectivity index (χ4v) is 6.05. The molecule has 0 saturated heterocycles. The predicted octanol–water partition coefficient (Wildman–Crippen LogP) is 7.22. The first-order valence-corrected chi connectivity index (χ1v) is 14.1. The van der Waals surface area contributed by atoms with Crippen molar-refractivity contribution in [1.82, 2.24) is 4.57 Å². The number of carbonyl (C=O) groups is 1. The Morgan fingerprint density at radius 3 is 2.18 bits per heavy atom. The zero-order chi connectivity index (χ0) is 31.3. The van der Waals surface area contributed by atoms with Crippen LogP contribution in [-0.4, -0.2) is 27.6 Å². The molecule has 220 valence electrons. The lowest BCUT2D eigenvalue weighted by atomic mass is 9.90. The molecule has 6 rings (SSSR count). The molecule has 1 amide bonds. The van der Waals surface area contributed by atoms with Crippen LogP contribution in [0.3, 0.4) is 0 Å². The van der Waals surface area contributed by atoms with Gasteiger partial charge in [0.05, 0.1) is 29.8 Å². The molecule has 0 fully saturated rings. The molecule has 0 saturated carbocycles. The molecule has 10 heteroatoms. The van der Waals surface area contributed by atoms with Gasteiger partial charge in [0.25, 0.3) is 17.2 Å². The van der Waals surface area contributed by atoms with Crippen molar-refractivity contribution in [3.05, 3.63) is 133 Å². The van der Waals surface area contributed by atoms with Crippen LogP contribution in [0, 0.1) is 24.0 Å². The van der Waals surface area contributed by atoms with E-state index in [-0.39, 0.29) is 40.7 Å². The lowest BCUT2D eigenvalue weighted by Gasteiger charge is -2.21. The van der Waals surface area contributed by atoms with Gasteiger partial charge in [-0.25, -0.2) is 0 Å². The molecule has 9 nitrogen and oxygen atoms in total. The van der Waals surface area contributed by atoms with Crippen molar-refractivity contribution >= 4 is 28.9 Å². The van der Waals surface area contributed by atoms with Crippen LogP contribution in [0.5, 0.6) is 11.5 Å². The number of nitrogens with zero attached hydrogens (tertiary/aromatic N) is 3. The minimum Gasteiger partial charge on any atom is -0.507 e. The van der Waals surface area contributed by atoms with Crippen molar-refractivity contribution in [2.45, 2.75) is 20.4 Å². The number of non-ortho nitro benzene ring substituents is 1. The molecule has 4 aromatic carbocycles. The van der Waals surface area contributed by atoms with Crippen LogP contribution >= 0.6 is 11.6 Å². The number of benzene rings is 4. The van der Waals surface area contributed by atoms with Crippen LogP contribution in [0.25, 0.3) is 27.9 Å². The Morgan fingerprint density at radius 2 is 1.57 bits per heavy atom. The summed E-state index contributed by atoms with van der Waals surface area (Å²) in [6.07, 6.45) is 0. The molecule has 44 heavy (non-hydrogen) atoms. The van der Waals surface area contributed by atoms with Gasteiger partial charge in [-0.2, -0.15) is 0 Å². The van der Waals surface area contributed by atoms with Crippen molar-refractivity contribution in [1.29, 1.82) is 0 Å². The van der Waals surface area contributed by atoms with E-state index in [0.717, 1.165) is 16.8 Å². The number of para-hydroxylation sites is 1. The number of amides is 1. The van der Waals surface area contributed by atoms with E-state index in [1.807, 2.05) is 32.0 Å². The molecular formula is C34H26ClN3O6. The summed E-state index contributed by atoms with van der Waals surface area (Å²) in [6, 6.07) is 22.6. The first-order valence-electron chi connectivity index (χ1n) is 13.7. The lowest BCUT2D eigenvalue weighted by molar-refractivity contribution is -0.384. The number of nitro benzene ring substituents is 1. The Balaban J connectivity index is 1.75. The van der Waals surface area contributed by atoms with Crippen LogP contribution in [0.2, 0.25) is 5.02 Å². The molecule has 1 aliphatic heterocycles. The number of ether oxygens (including phenoxy) is 1. The first kappa shape index (κ1) is 28.7. The highest BCUT2D eigenvalue weighted by Gasteiger charge is 2.39. The third-order valence-corrected chi connectivity index (χ3v) is 8.11. The normalized spacial score (nSPS) is 12.4. The molecule has 1 aromatic heterocycles. The molecule has 5 aromatic rings. The summed E-state index contributed by atoms with van der Waals surface area (Å²) < 4.78 is 6.68. The van der Waals surface area contributed by atoms with Gasteiger partial charge in [0.1, 0.15) is 17.2 Å². The summed E-state index contributed by atoms with van der Waals surface area (Å²) in [5.41, 5.74) is 3.97. The third-order valence-electron chi connectivity index (χ3n) is 7.88. The van der Waals surface area contributed by atoms with E-state index < -0.39 is 10.5 Å². The maximum atomic E-state index is 14.7. The van der Waals surface area contributed by atoms with Gasteiger partial charge in [-0.05, 0) is 85.1 Å². The van der Waals surface area contributed by atoms with Gasteiger partial charge < -0.3 is 14.7 Å². The van der Waals surface area contributed by atoms with Gasteiger partial charge in [0.2, 0.25) is 0 Å². The highest BCUT2D eigenvalue weighted by atomic mass is 35.5. The highest BCUT2D eigenvalue weighted by Crippen LogP contribution is 2.45. The molecule has 1 N–H and O–H groups in total. The Bertz CT molecular complexity index is 2020. The number of nitro groups is 1. The summed E-state index contributed by atoms with van der Waals surface area (Å²) in [6.45, 7) is 3.93. The van der Waals surface area contributed by atoms with E-state index in [2.05, 4.69) is 0 Å². The topological polar surface area (TPSA) is 115 Å². The Morgan fingerprint density at radius 1 is 0.909 bits per heavy atom. The van der Waals surface area contributed by atoms with E-state index in [4.69, 9.17) is 16.3 Å². The fraction of sp³-hybridized carbons (Fsp3) is 0.118. The number of carbonyl (C=O) groups excluding carboxylic acids is 1. The second-order valence-corrected chi connectivity index (χ2v) is 10.9. The third kappa shape index (κ3) is 4.67. The number of halogens is 1. The summed E-state index contributed by atoms with van der Waals surface area (Å²) in [7, 11) is 1.53. The largest absolute Gasteiger partial charge is 0.507 e. The van der Waals surface area contributed by atoms with E-state index >= 15 is 0 Å². The van der Waals surface area contributed by atoms with E-state index in [0.29, 0.717) is 33.1 Å². The van der Waals surface area contributed by atoms with Gasteiger partial charge in [-0.15, -0.1) is 0 Å². The van der Waals surface area contributed by atoms with E-state index in [1.54, 1.807) is 35.2 Å². The van der Waals surface area contributed by atoms with Gasteiger partial charge in [0, 0.05) is 39.5 Å². The maximum absolute atomic E-state index is 14.7. The molecule has 0 bridgehead atoms. The molecule has 0 spiro atoms. The smallest absolute Gasteiger partial charge is 0.276 e. The average Bonchev–Trinajstić information content (AvgIpc) is 3.34. The van der Waals surface area contributed by atoms with Crippen molar-refractivity contribution in [3.63, 3.8) is 0 Å². The fourth-order valence-electron chi connectivity index (χ4n) is 5.87. The number of rotatable bonds is 6. The number of hydrogen-bond acceptors (Lipinski definition) is 6. The first-order chi connectivity index (χ1) is 21.1. The number of aromatic nitrogens is 1. The standard InChI is InChI=1S/C34H26ClN3O6/c1-19-5-4-6-20(2)31(19)36-18-27-30(26-17-22(35)9-16-28(26)39)29(21-7-10-24(11-8-21)38(42)43)33(40)37(32(27)34(36)41)23-12-14-25(44-3)15-13-23/h4-17,39H,18H2,1-3H3. The molecule has 1 aliphatic rings. The zero-order valence-corrected chi connectivity index (χ0v) is 24.8. The average molecular weight is 608 g/mol. The number of methoxy groups -OCH3 is 1. The number of aromatic hydroxyl groups is 1. The Hall–Kier alpha value is -5.41. The molecule has 0 aliphatic carbocycles.